The normalized spacial score (nSPS) is 21.6. The van der Waals surface area contributed by atoms with Crippen molar-refractivity contribution in [3.8, 4) is 0 Å². The Morgan fingerprint density at radius 3 is 3.00 bits per heavy atom. The lowest BCUT2D eigenvalue weighted by molar-refractivity contribution is 0.666. The Kier molecular flexibility index (Phi) is 2.92. The first-order valence-electron chi connectivity index (χ1n) is 5.03. The van der Waals surface area contributed by atoms with E-state index in [9.17, 15) is 0 Å². The molecule has 1 fully saturated rings. The van der Waals surface area contributed by atoms with E-state index in [1.807, 2.05) is 6.20 Å². The molecule has 1 saturated heterocycles. The van der Waals surface area contributed by atoms with Gasteiger partial charge in [0, 0.05) is 25.2 Å². The summed E-state index contributed by atoms with van der Waals surface area (Å²) in [4.78, 5) is 6.72. The van der Waals surface area contributed by atoms with Gasteiger partial charge in [0.25, 0.3) is 0 Å². The summed E-state index contributed by atoms with van der Waals surface area (Å²) in [6, 6.07) is 4.20. The Labute approximate surface area is 89.9 Å². The van der Waals surface area contributed by atoms with Gasteiger partial charge in [0.2, 0.25) is 0 Å². The third-order valence-corrected chi connectivity index (χ3v) is 3.16. The van der Waals surface area contributed by atoms with Gasteiger partial charge in [0.05, 0.1) is 0 Å². The lowest BCUT2D eigenvalue weighted by Gasteiger charge is -2.16. The molecule has 76 valence electrons. The van der Waals surface area contributed by atoms with E-state index in [1.54, 1.807) is 0 Å². The number of pyridine rings is 1. The maximum absolute atomic E-state index is 5.84. The Hall–Kier alpha value is -0.760. The quantitative estimate of drug-likeness (QED) is 0.698. The predicted molar refractivity (Wildman–Crippen MR) is 60.0 cm³/mol. The van der Waals surface area contributed by atoms with Crippen LogP contribution in [0.15, 0.2) is 18.3 Å². The number of anilines is 1. The van der Waals surface area contributed by atoms with Gasteiger partial charge in [-0.2, -0.15) is 0 Å². The molecule has 1 aromatic rings. The van der Waals surface area contributed by atoms with Gasteiger partial charge in [-0.15, -0.1) is 11.6 Å². The molecule has 1 aliphatic rings. The number of alkyl halides is 1. The molecule has 14 heavy (non-hydrogen) atoms. The molecule has 2 heterocycles. The number of rotatable bonds is 2. The topological polar surface area (TPSA) is 16.1 Å². The lowest BCUT2D eigenvalue weighted by Crippen LogP contribution is -2.20. The molecule has 0 spiro atoms. The summed E-state index contributed by atoms with van der Waals surface area (Å²) in [5.74, 6) is 2.49. The van der Waals surface area contributed by atoms with E-state index in [0.717, 1.165) is 24.8 Å². The van der Waals surface area contributed by atoms with Crippen molar-refractivity contribution >= 4 is 17.4 Å². The molecule has 2 nitrogen and oxygen atoms in total. The van der Waals surface area contributed by atoms with Gasteiger partial charge < -0.3 is 4.90 Å². The summed E-state index contributed by atoms with van der Waals surface area (Å²) in [5, 5.41) is 0. The Balaban J connectivity index is 2.06. The Morgan fingerprint density at radius 1 is 1.57 bits per heavy atom. The van der Waals surface area contributed by atoms with E-state index >= 15 is 0 Å². The lowest BCUT2D eigenvalue weighted by atomic mass is 10.2. The Morgan fingerprint density at radius 2 is 2.43 bits per heavy atom. The number of halogens is 1. The minimum Gasteiger partial charge on any atom is -0.356 e. The fourth-order valence-electron chi connectivity index (χ4n) is 1.81. The highest BCUT2D eigenvalue weighted by molar-refractivity contribution is 6.18. The van der Waals surface area contributed by atoms with Crippen molar-refractivity contribution in [2.75, 3.05) is 23.9 Å². The van der Waals surface area contributed by atoms with Crippen LogP contribution in [0.2, 0.25) is 0 Å². The number of aryl methyl sites for hydroxylation is 1. The average molecular weight is 211 g/mol. The molecule has 1 aromatic heterocycles. The van der Waals surface area contributed by atoms with Crippen LogP contribution in [0, 0.1) is 12.8 Å². The van der Waals surface area contributed by atoms with Crippen molar-refractivity contribution in [1.29, 1.82) is 0 Å². The maximum Gasteiger partial charge on any atom is 0.128 e. The van der Waals surface area contributed by atoms with Crippen LogP contribution in [0.3, 0.4) is 0 Å². The largest absolute Gasteiger partial charge is 0.356 e. The van der Waals surface area contributed by atoms with Crippen molar-refractivity contribution in [3.63, 3.8) is 0 Å². The van der Waals surface area contributed by atoms with Crippen LogP contribution in [0.1, 0.15) is 12.0 Å². The number of hydrogen-bond donors (Lipinski definition) is 0. The number of nitrogens with zero attached hydrogens (tertiary/aromatic N) is 2. The molecule has 0 N–H and O–H groups in total. The van der Waals surface area contributed by atoms with E-state index in [1.165, 1.54) is 12.0 Å². The smallest absolute Gasteiger partial charge is 0.128 e. The average Bonchev–Trinajstić information content (AvgIpc) is 2.67. The van der Waals surface area contributed by atoms with E-state index in [2.05, 4.69) is 28.9 Å². The molecule has 0 radical (unpaired) electrons. The molecule has 0 aliphatic carbocycles. The first kappa shape index (κ1) is 9.78. The second-order valence-corrected chi connectivity index (χ2v) is 4.26. The van der Waals surface area contributed by atoms with Gasteiger partial charge in [0.1, 0.15) is 5.82 Å². The summed E-state index contributed by atoms with van der Waals surface area (Å²) in [6.45, 7) is 4.20. The molecule has 2 rings (SSSR count). The van der Waals surface area contributed by atoms with Gasteiger partial charge in [-0.25, -0.2) is 4.98 Å². The summed E-state index contributed by atoms with van der Waals surface area (Å²) in [6.07, 6.45) is 3.11. The van der Waals surface area contributed by atoms with Gasteiger partial charge in [0.15, 0.2) is 0 Å². The minimum atomic E-state index is 0.639. The SMILES string of the molecule is Cc1ccc(N2CCC(CCl)C2)nc1. The maximum atomic E-state index is 5.84. The first-order valence-corrected chi connectivity index (χ1v) is 5.56. The van der Waals surface area contributed by atoms with E-state index < -0.39 is 0 Å². The van der Waals surface area contributed by atoms with Crippen LogP contribution in [-0.2, 0) is 0 Å². The van der Waals surface area contributed by atoms with Crippen LogP contribution >= 0.6 is 11.6 Å². The predicted octanol–water partition coefficient (Wildman–Crippen LogP) is 2.46. The van der Waals surface area contributed by atoms with Gasteiger partial charge in [-0.05, 0) is 30.9 Å². The minimum absolute atomic E-state index is 0.639. The van der Waals surface area contributed by atoms with Crippen molar-refractivity contribution < 1.29 is 0 Å². The van der Waals surface area contributed by atoms with E-state index in [0.29, 0.717) is 5.92 Å². The zero-order valence-corrected chi connectivity index (χ0v) is 9.17. The molecule has 0 aromatic carbocycles. The monoisotopic (exact) mass is 210 g/mol. The highest BCUT2D eigenvalue weighted by atomic mass is 35.5. The van der Waals surface area contributed by atoms with Crippen molar-refractivity contribution in [2.45, 2.75) is 13.3 Å². The standard InChI is InChI=1S/C11H15ClN2/c1-9-2-3-11(13-7-9)14-5-4-10(6-12)8-14/h2-3,7,10H,4-6,8H2,1H3. The van der Waals surface area contributed by atoms with Crippen molar-refractivity contribution in [3.05, 3.63) is 23.9 Å². The van der Waals surface area contributed by atoms with Gasteiger partial charge in [-0.1, -0.05) is 6.07 Å². The molecule has 1 atom stereocenters. The second-order valence-electron chi connectivity index (χ2n) is 3.95. The fourth-order valence-corrected chi connectivity index (χ4v) is 2.07. The molecule has 0 bridgehead atoms. The van der Waals surface area contributed by atoms with Crippen molar-refractivity contribution in [2.24, 2.45) is 5.92 Å². The molecular formula is C11H15ClN2. The molecule has 1 unspecified atom stereocenters. The third-order valence-electron chi connectivity index (χ3n) is 2.72. The molecule has 3 heteroatoms. The van der Waals surface area contributed by atoms with Crippen LogP contribution in [-0.4, -0.2) is 24.0 Å². The number of hydrogen-bond acceptors (Lipinski definition) is 2. The molecule has 0 saturated carbocycles. The van der Waals surface area contributed by atoms with Crippen LogP contribution in [0.5, 0.6) is 0 Å². The third kappa shape index (κ3) is 2.01. The van der Waals surface area contributed by atoms with E-state index in [4.69, 9.17) is 11.6 Å². The Bertz CT molecular complexity index is 297. The first-order chi connectivity index (χ1) is 6.79. The van der Waals surface area contributed by atoms with Crippen LogP contribution in [0.25, 0.3) is 0 Å². The molecular weight excluding hydrogens is 196 g/mol. The van der Waals surface area contributed by atoms with Crippen molar-refractivity contribution in [1.82, 2.24) is 4.98 Å². The fraction of sp³-hybridized carbons (Fsp3) is 0.545. The van der Waals surface area contributed by atoms with E-state index in [-0.39, 0.29) is 0 Å². The summed E-state index contributed by atoms with van der Waals surface area (Å²) in [5.41, 5.74) is 1.21. The summed E-state index contributed by atoms with van der Waals surface area (Å²) < 4.78 is 0. The zero-order valence-electron chi connectivity index (χ0n) is 8.41. The van der Waals surface area contributed by atoms with Crippen LogP contribution in [0.4, 0.5) is 5.82 Å². The highest BCUT2D eigenvalue weighted by Crippen LogP contribution is 2.22. The summed E-state index contributed by atoms with van der Waals surface area (Å²) >= 11 is 5.84. The van der Waals surface area contributed by atoms with Gasteiger partial charge >= 0.3 is 0 Å². The molecule has 1 aliphatic heterocycles. The van der Waals surface area contributed by atoms with Gasteiger partial charge in [-0.3, -0.25) is 0 Å². The molecule has 0 amide bonds. The number of aromatic nitrogens is 1. The second kappa shape index (κ2) is 4.18. The highest BCUT2D eigenvalue weighted by Gasteiger charge is 2.22. The summed E-state index contributed by atoms with van der Waals surface area (Å²) in [7, 11) is 0. The van der Waals surface area contributed by atoms with Crippen LogP contribution < -0.4 is 4.90 Å². The zero-order chi connectivity index (χ0) is 9.97.